The van der Waals surface area contributed by atoms with Gasteiger partial charge in [-0.1, -0.05) is 38.1 Å². The summed E-state index contributed by atoms with van der Waals surface area (Å²) in [5.74, 6) is 0.152. The van der Waals surface area contributed by atoms with Crippen molar-refractivity contribution in [1.29, 1.82) is 0 Å². The van der Waals surface area contributed by atoms with E-state index < -0.39 is 12.5 Å². The van der Waals surface area contributed by atoms with Crippen molar-refractivity contribution in [2.75, 3.05) is 6.67 Å². The highest BCUT2D eigenvalue weighted by atomic mass is 19.1. The lowest BCUT2D eigenvalue weighted by Gasteiger charge is -2.05. The van der Waals surface area contributed by atoms with Gasteiger partial charge >= 0.3 is 0 Å². The second-order valence-electron chi connectivity index (χ2n) is 3.85. The molecule has 1 nitrogen and oxygen atoms in total. The quantitative estimate of drug-likeness (QED) is 0.673. The monoisotopic (exact) mass is 194 g/mol. The van der Waals surface area contributed by atoms with Crippen LogP contribution in [0.4, 0.5) is 4.39 Å². The maximum absolute atomic E-state index is 12.0. The molecule has 0 fully saturated rings. The Bertz CT molecular complexity index is 301. The molecule has 1 aromatic rings. The fourth-order valence-corrected chi connectivity index (χ4v) is 1.38. The van der Waals surface area contributed by atoms with Crippen LogP contribution in [0, 0.1) is 5.92 Å². The number of hydrogen-bond donors (Lipinski definition) is 0. The zero-order chi connectivity index (χ0) is 10.6. The topological polar surface area (TPSA) is 17.1 Å². The lowest BCUT2D eigenvalue weighted by atomic mass is 10.0. The molecule has 14 heavy (non-hydrogen) atoms. The molecule has 0 saturated heterocycles. The number of ketones is 1. The molecule has 0 saturated carbocycles. The van der Waals surface area contributed by atoms with Crippen LogP contribution in [0.1, 0.15) is 29.8 Å². The van der Waals surface area contributed by atoms with Gasteiger partial charge in [0.15, 0.2) is 12.5 Å². The van der Waals surface area contributed by atoms with E-state index in [1.807, 2.05) is 12.1 Å². The van der Waals surface area contributed by atoms with Gasteiger partial charge in [0, 0.05) is 5.56 Å². The van der Waals surface area contributed by atoms with Gasteiger partial charge in [0.2, 0.25) is 0 Å². The standard InChI is InChI=1S/C12H15FO/c1-9(2)7-10-3-5-11(6-4-10)12(14)8-13/h3-6,9H,7-8H2,1-2H3. The number of halogens is 1. The van der Waals surface area contributed by atoms with Gasteiger partial charge in [-0.2, -0.15) is 0 Å². The molecule has 0 aliphatic carbocycles. The highest BCUT2D eigenvalue weighted by molar-refractivity contribution is 5.96. The Morgan fingerprint density at radius 1 is 1.29 bits per heavy atom. The number of hydrogen-bond acceptors (Lipinski definition) is 1. The van der Waals surface area contributed by atoms with Crippen LogP contribution in [-0.2, 0) is 6.42 Å². The smallest absolute Gasteiger partial charge is 0.193 e. The molecule has 0 N–H and O–H groups in total. The van der Waals surface area contributed by atoms with Crippen molar-refractivity contribution < 1.29 is 9.18 Å². The van der Waals surface area contributed by atoms with Crippen molar-refractivity contribution in [3.8, 4) is 0 Å². The lowest BCUT2D eigenvalue weighted by Crippen LogP contribution is -2.01. The molecule has 0 aromatic heterocycles. The van der Waals surface area contributed by atoms with E-state index >= 15 is 0 Å². The summed E-state index contributed by atoms with van der Waals surface area (Å²) in [6.45, 7) is 3.37. The van der Waals surface area contributed by atoms with E-state index in [2.05, 4.69) is 13.8 Å². The molecule has 0 amide bonds. The Labute approximate surface area is 83.9 Å². The number of alkyl halides is 1. The van der Waals surface area contributed by atoms with Crippen molar-refractivity contribution in [1.82, 2.24) is 0 Å². The first-order valence-corrected chi connectivity index (χ1v) is 4.81. The molecule has 76 valence electrons. The van der Waals surface area contributed by atoms with E-state index in [4.69, 9.17) is 0 Å². The Morgan fingerprint density at radius 3 is 2.29 bits per heavy atom. The summed E-state index contributed by atoms with van der Waals surface area (Å²) in [5.41, 5.74) is 1.65. The van der Waals surface area contributed by atoms with Gasteiger partial charge in [-0.25, -0.2) is 4.39 Å². The zero-order valence-corrected chi connectivity index (χ0v) is 8.59. The third kappa shape index (κ3) is 2.95. The SMILES string of the molecule is CC(C)Cc1ccc(C(=O)CF)cc1. The minimum Gasteiger partial charge on any atom is -0.291 e. The van der Waals surface area contributed by atoms with E-state index in [0.29, 0.717) is 11.5 Å². The highest BCUT2D eigenvalue weighted by Gasteiger charge is 2.04. The minimum atomic E-state index is -0.913. The molecule has 0 spiro atoms. The summed E-state index contributed by atoms with van der Waals surface area (Å²) in [5, 5.41) is 0. The molecule has 0 aliphatic rings. The van der Waals surface area contributed by atoms with Crippen LogP contribution in [0.15, 0.2) is 24.3 Å². The fraction of sp³-hybridized carbons (Fsp3) is 0.417. The van der Waals surface area contributed by atoms with Crippen molar-refractivity contribution in [2.24, 2.45) is 5.92 Å². The number of carbonyl (C=O) groups excluding carboxylic acids is 1. The number of Topliss-reactive ketones (excluding diaryl/α,β-unsaturated/α-hetero) is 1. The van der Waals surface area contributed by atoms with Gasteiger partial charge in [-0.15, -0.1) is 0 Å². The summed E-state index contributed by atoms with van der Waals surface area (Å²) in [6, 6.07) is 7.17. The van der Waals surface area contributed by atoms with Crippen LogP contribution in [0.25, 0.3) is 0 Å². The van der Waals surface area contributed by atoms with Crippen LogP contribution in [0.2, 0.25) is 0 Å². The number of carbonyl (C=O) groups is 1. The average Bonchev–Trinajstić information content (AvgIpc) is 2.17. The van der Waals surface area contributed by atoms with Crippen LogP contribution in [-0.4, -0.2) is 12.5 Å². The van der Waals surface area contributed by atoms with Crippen molar-refractivity contribution in [3.05, 3.63) is 35.4 Å². The van der Waals surface area contributed by atoms with Crippen molar-refractivity contribution in [3.63, 3.8) is 0 Å². The Kier molecular flexibility index (Phi) is 3.81. The first-order valence-electron chi connectivity index (χ1n) is 4.81. The Hall–Kier alpha value is -1.18. The predicted molar refractivity (Wildman–Crippen MR) is 55.3 cm³/mol. The fourth-order valence-electron chi connectivity index (χ4n) is 1.38. The third-order valence-electron chi connectivity index (χ3n) is 2.04. The van der Waals surface area contributed by atoms with Gasteiger partial charge < -0.3 is 0 Å². The molecule has 0 heterocycles. The van der Waals surface area contributed by atoms with Crippen LogP contribution < -0.4 is 0 Å². The van der Waals surface area contributed by atoms with Gasteiger partial charge in [-0.05, 0) is 17.9 Å². The van der Waals surface area contributed by atoms with E-state index in [1.165, 1.54) is 5.56 Å². The second-order valence-corrected chi connectivity index (χ2v) is 3.85. The van der Waals surface area contributed by atoms with E-state index in [9.17, 15) is 9.18 Å². The molecule has 0 bridgehead atoms. The maximum Gasteiger partial charge on any atom is 0.193 e. The molecule has 0 unspecified atom stereocenters. The van der Waals surface area contributed by atoms with Crippen LogP contribution >= 0.6 is 0 Å². The highest BCUT2D eigenvalue weighted by Crippen LogP contribution is 2.10. The number of rotatable bonds is 4. The maximum atomic E-state index is 12.0. The molecule has 1 rings (SSSR count). The molecular weight excluding hydrogens is 179 g/mol. The second kappa shape index (κ2) is 4.89. The first-order chi connectivity index (χ1) is 6.63. The lowest BCUT2D eigenvalue weighted by molar-refractivity contribution is 0.0958. The molecule has 0 radical (unpaired) electrons. The largest absolute Gasteiger partial charge is 0.291 e. The van der Waals surface area contributed by atoms with Crippen LogP contribution in [0.3, 0.4) is 0 Å². The van der Waals surface area contributed by atoms with Gasteiger partial charge in [0.1, 0.15) is 0 Å². The Morgan fingerprint density at radius 2 is 1.86 bits per heavy atom. The molecular formula is C12H15FO. The number of benzene rings is 1. The zero-order valence-electron chi connectivity index (χ0n) is 8.59. The summed E-state index contributed by atoms with van der Waals surface area (Å²) in [4.78, 5) is 11.0. The van der Waals surface area contributed by atoms with E-state index in [-0.39, 0.29) is 0 Å². The summed E-state index contributed by atoms with van der Waals surface area (Å²) in [7, 11) is 0. The van der Waals surface area contributed by atoms with Gasteiger partial charge in [0.05, 0.1) is 0 Å². The molecule has 1 aromatic carbocycles. The average molecular weight is 194 g/mol. The van der Waals surface area contributed by atoms with E-state index in [1.54, 1.807) is 12.1 Å². The van der Waals surface area contributed by atoms with Crippen molar-refractivity contribution >= 4 is 5.78 Å². The molecule has 0 atom stereocenters. The van der Waals surface area contributed by atoms with Gasteiger partial charge in [-0.3, -0.25) is 4.79 Å². The molecule has 2 heteroatoms. The minimum absolute atomic E-state index is 0.443. The summed E-state index contributed by atoms with van der Waals surface area (Å²) in [6.07, 6.45) is 0.990. The van der Waals surface area contributed by atoms with Crippen LogP contribution in [0.5, 0.6) is 0 Å². The predicted octanol–water partition coefficient (Wildman–Crippen LogP) is 3.04. The summed E-state index contributed by atoms with van der Waals surface area (Å²) >= 11 is 0. The first kappa shape index (κ1) is 10.9. The Balaban J connectivity index is 2.73. The normalized spacial score (nSPS) is 10.6. The summed E-state index contributed by atoms with van der Waals surface area (Å²) < 4.78 is 12.0. The van der Waals surface area contributed by atoms with Gasteiger partial charge in [0.25, 0.3) is 0 Å². The van der Waals surface area contributed by atoms with E-state index in [0.717, 1.165) is 6.42 Å². The third-order valence-corrected chi connectivity index (χ3v) is 2.04. The van der Waals surface area contributed by atoms with Crippen molar-refractivity contribution in [2.45, 2.75) is 20.3 Å². The molecule has 0 aliphatic heterocycles.